The molecule has 0 saturated carbocycles. The first-order valence-corrected chi connectivity index (χ1v) is 20.9. The van der Waals surface area contributed by atoms with Crippen LogP contribution in [0.3, 0.4) is 0 Å². The predicted molar refractivity (Wildman–Crippen MR) is 256 cm³/mol. The maximum absolute atomic E-state index is 6.31. The van der Waals surface area contributed by atoms with Gasteiger partial charge >= 0.3 is 0 Å². The minimum absolute atomic E-state index is 0.592. The van der Waals surface area contributed by atoms with Crippen LogP contribution in [-0.2, 0) is 0 Å². The summed E-state index contributed by atoms with van der Waals surface area (Å²) in [4.78, 5) is 15.6. The summed E-state index contributed by atoms with van der Waals surface area (Å²) in [5, 5.41) is 11.8. The number of fused-ring (bicyclic) bond motifs is 11. The van der Waals surface area contributed by atoms with Gasteiger partial charge in [0.05, 0.1) is 11.0 Å². The molecular weight excluding hydrogens is 757 g/mol. The van der Waals surface area contributed by atoms with E-state index in [0.717, 1.165) is 66.2 Å². The molecule has 5 nitrogen and oxygen atoms in total. The normalized spacial score (nSPS) is 11.9. The molecule has 0 radical (unpaired) electrons. The van der Waals surface area contributed by atoms with E-state index in [1.165, 1.54) is 43.4 Å². The molecule has 13 aromatic rings. The molecule has 0 saturated heterocycles. The van der Waals surface area contributed by atoms with Crippen molar-refractivity contribution in [2.75, 3.05) is 0 Å². The monoisotopic (exact) mass is 790 g/mol. The van der Waals surface area contributed by atoms with Crippen molar-refractivity contribution in [1.29, 1.82) is 0 Å². The summed E-state index contributed by atoms with van der Waals surface area (Å²) in [5.41, 5.74) is 9.97. The Morgan fingerprint density at radius 3 is 1.60 bits per heavy atom. The van der Waals surface area contributed by atoms with Crippen LogP contribution in [0.4, 0.5) is 0 Å². The second kappa shape index (κ2) is 13.6. The number of benzene rings is 10. The molecule has 0 aliphatic carbocycles. The summed E-state index contributed by atoms with van der Waals surface area (Å²) >= 11 is 0. The minimum atomic E-state index is 0.592. The van der Waals surface area contributed by atoms with Gasteiger partial charge in [0.1, 0.15) is 11.2 Å². The molecule has 62 heavy (non-hydrogen) atoms. The molecule has 0 aliphatic heterocycles. The molecule has 0 aliphatic rings. The van der Waals surface area contributed by atoms with Crippen LogP contribution in [0.25, 0.3) is 127 Å². The molecular formula is C57H34N4O. The van der Waals surface area contributed by atoms with E-state index in [4.69, 9.17) is 19.4 Å². The Morgan fingerprint density at radius 1 is 0.323 bits per heavy atom. The van der Waals surface area contributed by atoms with Crippen LogP contribution in [0.1, 0.15) is 0 Å². The fourth-order valence-electron chi connectivity index (χ4n) is 9.53. The third-order valence-electron chi connectivity index (χ3n) is 12.4. The molecule has 0 fully saturated rings. The Bertz CT molecular complexity index is 3860. The molecule has 0 spiro atoms. The van der Waals surface area contributed by atoms with Crippen molar-refractivity contribution in [1.82, 2.24) is 19.5 Å². The maximum Gasteiger partial charge on any atom is 0.164 e. The molecule has 10 aromatic carbocycles. The van der Waals surface area contributed by atoms with Gasteiger partial charge in [-0.25, -0.2) is 15.0 Å². The SMILES string of the molecule is c1cc(-c2cccc(-n3c4ccc5ccccc5c4c4c5ccccc5ccc43)c2)cc(-c2nc(-c3ccc4ccccc4c3)nc(-c3cccc4oc5ccccc5c34)n2)c1. The highest BCUT2D eigenvalue weighted by atomic mass is 16.3. The second-order valence-electron chi connectivity index (χ2n) is 16.0. The Labute approximate surface area is 355 Å². The summed E-state index contributed by atoms with van der Waals surface area (Å²) in [6, 6.07) is 72.9. The molecule has 3 heterocycles. The average molecular weight is 791 g/mol. The molecule has 0 atom stereocenters. The summed E-state index contributed by atoms with van der Waals surface area (Å²) in [6.45, 7) is 0. The Hall–Kier alpha value is -8.41. The van der Waals surface area contributed by atoms with Gasteiger partial charge in [-0.05, 0) is 92.0 Å². The van der Waals surface area contributed by atoms with Crippen LogP contribution in [0.5, 0.6) is 0 Å². The summed E-state index contributed by atoms with van der Waals surface area (Å²) in [7, 11) is 0. The van der Waals surface area contributed by atoms with Gasteiger partial charge in [-0.2, -0.15) is 0 Å². The van der Waals surface area contributed by atoms with Crippen LogP contribution in [-0.4, -0.2) is 19.5 Å². The molecule has 0 N–H and O–H groups in total. The van der Waals surface area contributed by atoms with Crippen molar-refractivity contribution in [2.24, 2.45) is 0 Å². The first-order chi connectivity index (χ1) is 30.7. The van der Waals surface area contributed by atoms with Crippen molar-refractivity contribution in [2.45, 2.75) is 0 Å². The maximum atomic E-state index is 6.31. The fourth-order valence-corrected chi connectivity index (χ4v) is 9.53. The van der Waals surface area contributed by atoms with Gasteiger partial charge in [0.15, 0.2) is 17.5 Å². The highest BCUT2D eigenvalue weighted by Crippen LogP contribution is 2.42. The quantitative estimate of drug-likeness (QED) is 0.174. The summed E-state index contributed by atoms with van der Waals surface area (Å²) in [6.07, 6.45) is 0. The first-order valence-electron chi connectivity index (χ1n) is 20.9. The number of aromatic nitrogens is 4. The van der Waals surface area contributed by atoms with Gasteiger partial charge in [-0.3, -0.25) is 0 Å². The Balaban J connectivity index is 0.986. The van der Waals surface area contributed by atoms with Crippen LogP contribution >= 0.6 is 0 Å². The largest absolute Gasteiger partial charge is 0.456 e. The van der Waals surface area contributed by atoms with E-state index in [0.29, 0.717) is 17.5 Å². The smallest absolute Gasteiger partial charge is 0.164 e. The topological polar surface area (TPSA) is 56.7 Å². The summed E-state index contributed by atoms with van der Waals surface area (Å²) < 4.78 is 8.73. The number of hydrogen-bond acceptors (Lipinski definition) is 4. The molecule has 0 amide bonds. The van der Waals surface area contributed by atoms with Crippen LogP contribution in [0, 0.1) is 0 Å². The Morgan fingerprint density at radius 2 is 0.855 bits per heavy atom. The highest BCUT2D eigenvalue weighted by molar-refractivity contribution is 6.28. The lowest BCUT2D eigenvalue weighted by molar-refractivity contribution is 0.669. The van der Waals surface area contributed by atoms with E-state index < -0.39 is 0 Å². The third-order valence-corrected chi connectivity index (χ3v) is 12.4. The lowest BCUT2D eigenvalue weighted by Crippen LogP contribution is -2.00. The Kier molecular flexibility index (Phi) is 7.54. The highest BCUT2D eigenvalue weighted by Gasteiger charge is 2.20. The van der Waals surface area contributed by atoms with E-state index in [-0.39, 0.29) is 0 Å². The predicted octanol–water partition coefficient (Wildman–Crippen LogP) is 15.0. The lowest BCUT2D eigenvalue weighted by Gasteiger charge is -2.12. The van der Waals surface area contributed by atoms with Crippen LogP contribution in [0.15, 0.2) is 211 Å². The van der Waals surface area contributed by atoms with Crippen LogP contribution in [0.2, 0.25) is 0 Å². The molecule has 5 heteroatoms. The number of hydrogen-bond donors (Lipinski definition) is 0. The van der Waals surface area contributed by atoms with Gasteiger partial charge in [0.2, 0.25) is 0 Å². The van der Waals surface area contributed by atoms with Crippen LogP contribution < -0.4 is 0 Å². The number of nitrogens with zero attached hydrogens (tertiary/aromatic N) is 4. The van der Waals surface area contributed by atoms with Crippen molar-refractivity contribution >= 4 is 76.1 Å². The van der Waals surface area contributed by atoms with E-state index in [2.05, 4.69) is 180 Å². The van der Waals surface area contributed by atoms with Crippen molar-refractivity contribution in [3.8, 4) is 51.0 Å². The average Bonchev–Trinajstić information content (AvgIpc) is 3.90. The molecule has 3 aromatic heterocycles. The molecule has 288 valence electrons. The van der Waals surface area contributed by atoms with Crippen molar-refractivity contribution < 1.29 is 4.42 Å². The molecule has 13 rings (SSSR count). The first kappa shape index (κ1) is 34.5. The zero-order chi connectivity index (χ0) is 40.7. The molecule has 0 unspecified atom stereocenters. The van der Waals surface area contributed by atoms with E-state index in [1.54, 1.807) is 0 Å². The van der Waals surface area contributed by atoms with Gasteiger partial charge < -0.3 is 8.98 Å². The van der Waals surface area contributed by atoms with E-state index in [9.17, 15) is 0 Å². The van der Waals surface area contributed by atoms with Crippen molar-refractivity contribution in [3.05, 3.63) is 206 Å². The van der Waals surface area contributed by atoms with Crippen molar-refractivity contribution in [3.63, 3.8) is 0 Å². The van der Waals surface area contributed by atoms with Gasteiger partial charge in [0, 0.05) is 43.9 Å². The molecule has 0 bridgehead atoms. The van der Waals surface area contributed by atoms with Gasteiger partial charge in [-0.15, -0.1) is 0 Å². The number of furan rings is 1. The number of para-hydroxylation sites is 1. The standard InChI is InChI=1S/C57H34N4O/c1-2-15-38-32-42(27-26-35(38)12-1)56-58-55(59-57(60-56)47-23-11-25-51-52(47)46-22-7-8-24-50(46)62-51)41-18-9-16-39(33-41)40-17-10-19-43(34-40)61-48-30-28-36-13-3-5-20-44(36)53(48)54-45-21-6-4-14-37(45)29-31-49(54)61/h1-34H. The summed E-state index contributed by atoms with van der Waals surface area (Å²) in [5.74, 6) is 1.80. The number of rotatable bonds is 5. The second-order valence-corrected chi connectivity index (χ2v) is 16.0. The van der Waals surface area contributed by atoms with Gasteiger partial charge in [0.25, 0.3) is 0 Å². The van der Waals surface area contributed by atoms with E-state index in [1.807, 2.05) is 30.3 Å². The minimum Gasteiger partial charge on any atom is -0.456 e. The lowest BCUT2D eigenvalue weighted by atomic mass is 10.00. The zero-order valence-corrected chi connectivity index (χ0v) is 33.3. The fraction of sp³-hybridized carbons (Fsp3) is 0. The van der Waals surface area contributed by atoms with E-state index >= 15 is 0 Å². The van der Waals surface area contributed by atoms with Gasteiger partial charge in [-0.1, -0.05) is 158 Å². The zero-order valence-electron chi connectivity index (χ0n) is 33.3. The third kappa shape index (κ3) is 5.38.